The van der Waals surface area contributed by atoms with Crippen LogP contribution in [0.3, 0.4) is 0 Å². The molecule has 0 unspecified atom stereocenters. The zero-order valence-electron chi connectivity index (χ0n) is 15.4. The van der Waals surface area contributed by atoms with E-state index in [1.807, 2.05) is 36.6 Å². The van der Waals surface area contributed by atoms with Crippen molar-refractivity contribution < 1.29 is 18.8 Å². The van der Waals surface area contributed by atoms with Crippen LogP contribution in [0.2, 0.25) is 0 Å². The average molecular weight is 387 g/mol. The zero-order chi connectivity index (χ0) is 19.2. The molecule has 0 N–H and O–H groups in total. The van der Waals surface area contributed by atoms with Crippen LogP contribution in [0.5, 0.6) is 11.5 Å². The van der Waals surface area contributed by atoms with E-state index < -0.39 is 6.10 Å². The maximum absolute atomic E-state index is 12.8. The number of aromatic nitrogens is 2. The highest BCUT2D eigenvalue weighted by Crippen LogP contribution is 2.28. The molecule has 0 bridgehead atoms. The number of methoxy groups -OCH3 is 1. The molecule has 0 aliphatic heterocycles. The maximum atomic E-state index is 12.8. The van der Waals surface area contributed by atoms with Crippen LogP contribution in [0, 0.1) is 0 Å². The lowest BCUT2D eigenvalue weighted by Crippen LogP contribution is -2.39. The standard InChI is InChI=1S/C19H21N3O4S/c1-4-13(25-15-9-6-5-8-14(15)24-3)19(23)22(2)12-17-20-18(21-26-17)16-10-7-11-27-16/h5-11,13H,4,12H2,1-3H3/t13-/m1/s1. The Morgan fingerprint density at radius 2 is 2.04 bits per heavy atom. The summed E-state index contributed by atoms with van der Waals surface area (Å²) in [6.45, 7) is 2.11. The number of hydrogen-bond donors (Lipinski definition) is 0. The van der Waals surface area contributed by atoms with Crippen molar-refractivity contribution in [2.75, 3.05) is 14.2 Å². The van der Waals surface area contributed by atoms with Crippen LogP contribution in [0.15, 0.2) is 46.3 Å². The summed E-state index contributed by atoms with van der Waals surface area (Å²) in [5, 5.41) is 5.91. The molecule has 0 aliphatic carbocycles. The molecule has 1 aromatic carbocycles. The van der Waals surface area contributed by atoms with Gasteiger partial charge in [0.2, 0.25) is 11.7 Å². The van der Waals surface area contributed by atoms with Gasteiger partial charge in [-0.3, -0.25) is 4.79 Å². The summed E-state index contributed by atoms with van der Waals surface area (Å²) in [6.07, 6.45) is -0.114. The number of benzene rings is 1. The van der Waals surface area contributed by atoms with E-state index in [2.05, 4.69) is 10.1 Å². The number of carbonyl (C=O) groups is 1. The molecule has 3 aromatic rings. The first-order valence-electron chi connectivity index (χ1n) is 8.53. The van der Waals surface area contributed by atoms with Gasteiger partial charge in [0.15, 0.2) is 17.6 Å². The normalized spacial score (nSPS) is 11.8. The Hall–Kier alpha value is -2.87. The lowest BCUT2D eigenvalue weighted by atomic mass is 10.2. The molecule has 2 heterocycles. The molecule has 0 spiro atoms. The Balaban J connectivity index is 1.66. The first kappa shape index (κ1) is 18.9. The quantitative estimate of drug-likeness (QED) is 0.587. The van der Waals surface area contributed by atoms with E-state index in [4.69, 9.17) is 14.0 Å². The van der Waals surface area contributed by atoms with Gasteiger partial charge in [0.25, 0.3) is 5.91 Å². The van der Waals surface area contributed by atoms with Crippen molar-refractivity contribution in [3.8, 4) is 22.2 Å². The topological polar surface area (TPSA) is 77.7 Å². The molecule has 0 saturated carbocycles. The lowest BCUT2D eigenvalue weighted by Gasteiger charge is -2.23. The van der Waals surface area contributed by atoms with Crippen LogP contribution >= 0.6 is 11.3 Å². The Morgan fingerprint density at radius 3 is 2.70 bits per heavy atom. The van der Waals surface area contributed by atoms with Crippen LogP contribution in [0.4, 0.5) is 0 Å². The Bertz CT molecular complexity index is 879. The number of thiophene rings is 1. The Labute approximate surface area is 161 Å². The van der Waals surface area contributed by atoms with Crippen LogP contribution in [-0.2, 0) is 11.3 Å². The van der Waals surface area contributed by atoms with Crippen LogP contribution in [0.1, 0.15) is 19.2 Å². The van der Waals surface area contributed by atoms with E-state index in [1.54, 1.807) is 26.3 Å². The molecule has 1 atom stereocenters. The van der Waals surface area contributed by atoms with E-state index in [0.29, 0.717) is 29.6 Å². The minimum atomic E-state index is -0.633. The fourth-order valence-corrected chi connectivity index (χ4v) is 3.18. The predicted octanol–water partition coefficient (Wildman–Crippen LogP) is 3.62. The molecule has 0 saturated heterocycles. The highest BCUT2D eigenvalue weighted by atomic mass is 32.1. The summed E-state index contributed by atoms with van der Waals surface area (Å²) in [5.74, 6) is 1.86. The Kier molecular flexibility index (Phi) is 6.08. The van der Waals surface area contributed by atoms with E-state index >= 15 is 0 Å². The Morgan fingerprint density at radius 1 is 1.26 bits per heavy atom. The second-order valence-corrected chi connectivity index (χ2v) is 6.80. The molecule has 0 aliphatic rings. The molecular formula is C19H21N3O4S. The summed E-state index contributed by atoms with van der Waals surface area (Å²) in [5.41, 5.74) is 0. The first-order valence-corrected chi connectivity index (χ1v) is 9.41. The lowest BCUT2D eigenvalue weighted by molar-refractivity contribution is -0.138. The van der Waals surface area contributed by atoms with E-state index in [9.17, 15) is 4.79 Å². The number of para-hydroxylation sites is 2. The highest BCUT2D eigenvalue weighted by molar-refractivity contribution is 7.13. The van der Waals surface area contributed by atoms with Crippen LogP contribution < -0.4 is 9.47 Å². The molecule has 2 aromatic heterocycles. The molecular weight excluding hydrogens is 366 g/mol. The summed E-state index contributed by atoms with van der Waals surface area (Å²) in [6, 6.07) is 11.1. The van der Waals surface area contributed by atoms with Crippen LogP contribution in [-0.4, -0.2) is 41.2 Å². The first-order chi connectivity index (χ1) is 13.1. The molecule has 1 amide bonds. The number of amides is 1. The minimum absolute atomic E-state index is 0.167. The second kappa shape index (κ2) is 8.68. The summed E-state index contributed by atoms with van der Waals surface area (Å²) in [7, 11) is 3.25. The SMILES string of the molecule is CC[C@@H](Oc1ccccc1OC)C(=O)N(C)Cc1nc(-c2cccs2)no1. The third kappa shape index (κ3) is 4.46. The third-order valence-electron chi connectivity index (χ3n) is 3.94. The van der Waals surface area contributed by atoms with Gasteiger partial charge >= 0.3 is 0 Å². The fraction of sp³-hybridized carbons (Fsp3) is 0.316. The smallest absolute Gasteiger partial charge is 0.263 e. The number of nitrogens with zero attached hydrogens (tertiary/aromatic N) is 3. The van der Waals surface area contributed by atoms with Gasteiger partial charge in [-0.2, -0.15) is 4.98 Å². The van der Waals surface area contributed by atoms with E-state index in [-0.39, 0.29) is 12.5 Å². The number of rotatable bonds is 8. The van der Waals surface area contributed by atoms with Gasteiger partial charge in [-0.1, -0.05) is 30.3 Å². The van der Waals surface area contributed by atoms with Crippen molar-refractivity contribution in [1.29, 1.82) is 0 Å². The van der Waals surface area contributed by atoms with Crippen molar-refractivity contribution >= 4 is 17.2 Å². The van der Waals surface area contributed by atoms with Crippen molar-refractivity contribution in [3.05, 3.63) is 47.7 Å². The molecule has 3 rings (SSSR count). The third-order valence-corrected chi connectivity index (χ3v) is 4.81. The second-order valence-electron chi connectivity index (χ2n) is 5.85. The number of hydrogen-bond acceptors (Lipinski definition) is 7. The van der Waals surface area contributed by atoms with Gasteiger partial charge in [0.1, 0.15) is 0 Å². The molecule has 0 radical (unpaired) electrons. The summed E-state index contributed by atoms with van der Waals surface area (Å²) < 4.78 is 16.4. The van der Waals surface area contributed by atoms with E-state index in [1.165, 1.54) is 16.2 Å². The van der Waals surface area contributed by atoms with Gasteiger partial charge in [0.05, 0.1) is 18.5 Å². The van der Waals surface area contributed by atoms with E-state index in [0.717, 1.165) is 4.88 Å². The average Bonchev–Trinajstić information content (AvgIpc) is 3.37. The van der Waals surface area contributed by atoms with Gasteiger partial charge in [-0.25, -0.2) is 0 Å². The van der Waals surface area contributed by atoms with Crippen LogP contribution in [0.25, 0.3) is 10.7 Å². The molecule has 142 valence electrons. The molecule has 7 nitrogen and oxygen atoms in total. The number of ether oxygens (including phenoxy) is 2. The molecule has 27 heavy (non-hydrogen) atoms. The van der Waals surface area contributed by atoms with Gasteiger partial charge < -0.3 is 18.9 Å². The molecule has 8 heteroatoms. The minimum Gasteiger partial charge on any atom is -0.493 e. The molecule has 0 fully saturated rings. The van der Waals surface area contributed by atoms with Gasteiger partial charge in [0, 0.05) is 7.05 Å². The maximum Gasteiger partial charge on any atom is 0.263 e. The van der Waals surface area contributed by atoms with Gasteiger partial charge in [-0.15, -0.1) is 11.3 Å². The van der Waals surface area contributed by atoms with Crippen molar-refractivity contribution in [3.63, 3.8) is 0 Å². The number of likely N-dealkylation sites (N-methyl/N-ethyl adjacent to an activating group) is 1. The predicted molar refractivity (Wildman–Crippen MR) is 102 cm³/mol. The summed E-state index contributed by atoms with van der Waals surface area (Å²) in [4.78, 5) is 19.6. The zero-order valence-corrected chi connectivity index (χ0v) is 16.2. The largest absolute Gasteiger partial charge is 0.493 e. The monoisotopic (exact) mass is 387 g/mol. The van der Waals surface area contributed by atoms with Crippen molar-refractivity contribution in [1.82, 2.24) is 15.0 Å². The van der Waals surface area contributed by atoms with Gasteiger partial charge in [-0.05, 0) is 30.0 Å². The highest BCUT2D eigenvalue weighted by Gasteiger charge is 2.25. The number of carbonyl (C=O) groups excluding carboxylic acids is 1. The van der Waals surface area contributed by atoms with Crippen molar-refractivity contribution in [2.45, 2.75) is 26.0 Å². The summed E-state index contributed by atoms with van der Waals surface area (Å²) >= 11 is 1.53. The fourth-order valence-electron chi connectivity index (χ4n) is 2.53. The van der Waals surface area contributed by atoms with Crippen molar-refractivity contribution in [2.24, 2.45) is 0 Å².